The average molecular weight is 272 g/mol. The lowest BCUT2D eigenvalue weighted by Crippen LogP contribution is -2.29. The third kappa shape index (κ3) is 8.20. The van der Waals surface area contributed by atoms with Gasteiger partial charge in [-0.3, -0.25) is 0 Å². The van der Waals surface area contributed by atoms with Gasteiger partial charge >= 0.3 is 5.97 Å². The first kappa shape index (κ1) is 17.1. The molecule has 1 aromatic rings. The van der Waals surface area contributed by atoms with Gasteiger partial charge in [0.05, 0.1) is 11.2 Å². The van der Waals surface area contributed by atoms with Crippen LogP contribution in [0.15, 0.2) is 6.20 Å². The van der Waals surface area contributed by atoms with Crippen molar-refractivity contribution in [2.75, 3.05) is 0 Å². The van der Waals surface area contributed by atoms with Crippen LogP contribution in [0.1, 0.15) is 55.7 Å². The van der Waals surface area contributed by atoms with Gasteiger partial charge in [0.15, 0.2) is 0 Å². The van der Waals surface area contributed by atoms with E-state index >= 15 is 0 Å². The summed E-state index contributed by atoms with van der Waals surface area (Å²) in [6.45, 7) is 10.7. The lowest BCUT2D eigenvalue weighted by Gasteiger charge is -2.10. The highest BCUT2D eigenvalue weighted by molar-refractivity contribution is 7.13. The minimum absolute atomic E-state index is 0.327. The molecule has 1 aromatic heterocycles. The van der Waals surface area contributed by atoms with Crippen LogP contribution in [0.4, 0.5) is 0 Å². The molecule has 1 rings (SSSR count). The van der Waals surface area contributed by atoms with Crippen LogP contribution in [0.5, 0.6) is 0 Å². The normalized spacial score (nSPS) is 10.4. The number of hydrogen-bond acceptors (Lipinski definition) is 4. The third-order valence-electron chi connectivity index (χ3n) is 1.89. The Morgan fingerprint density at radius 2 is 1.94 bits per heavy atom. The summed E-state index contributed by atoms with van der Waals surface area (Å²) in [6, 6.07) is 1.25. The number of nitrogens with one attached hydrogen (secondary N) is 1. The second-order valence-corrected chi connectivity index (χ2v) is 5.76. The van der Waals surface area contributed by atoms with Crippen LogP contribution in [0, 0.1) is 0 Å². The second-order valence-electron chi connectivity index (χ2n) is 4.65. The summed E-state index contributed by atoms with van der Waals surface area (Å²) in [4.78, 5) is 14.7. The average Bonchev–Trinajstić information content (AvgIpc) is 2.65. The molecule has 0 aliphatic carbocycles. The van der Waals surface area contributed by atoms with Crippen molar-refractivity contribution in [1.82, 2.24) is 10.3 Å². The Kier molecular flexibility index (Phi) is 8.58. The van der Waals surface area contributed by atoms with Crippen molar-refractivity contribution in [2.24, 2.45) is 0 Å². The maximum Gasteiger partial charge on any atom is 0.347 e. The van der Waals surface area contributed by atoms with Gasteiger partial charge in [-0.15, -0.1) is 11.3 Å². The summed E-state index contributed by atoms with van der Waals surface area (Å²) in [7, 11) is 0. The van der Waals surface area contributed by atoms with Gasteiger partial charge in [-0.1, -0.05) is 34.6 Å². The summed E-state index contributed by atoms with van der Waals surface area (Å²) < 4.78 is 0. The first-order chi connectivity index (χ1) is 8.36. The van der Waals surface area contributed by atoms with Gasteiger partial charge in [-0.2, -0.15) is 0 Å². The van der Waals surface area contributed by atoms with E-state index in [9.17, 15) is 4.79 Å². The Bertz CT molecular complexity index is 343. The number of aryl methyl sites for hydroxylation is 1. The largest absolute Gasteiger partial charge is 0.477 e. The molecule has 0 aliphatic rings. The summed E-state index contributed by atoms with van der Waals surface area (Å²) in [5.41, 5.74) is 0. The van der Waals surface area contributed by atoms with E-state index in [-0.39, 0.29) is 0 Å². The van der Waals surface area contributed by atoms with Crippen molar-refractivity contribution < 1.29 is 9.90 Å². The molecule has 0 aliphatic heterocycles. The molecule has 5 heteroatoms. The minimum Gasteiger partial charge on any atom is -0.477 e. The van der Waals surface area contributed by atoms with Crippen molar-refractivity contribution in [3.63, 3.8) is 0 Å². The smallest absolute Gasteiger partial charge is 0.347 e. The van der Waals surface area contributed by atoms with E-state index in [4.69, 9.17) is 5.11 Å². The number of carboxylic acid groups (broad SMARTS) is 1. The number of aromatic nitrogens is 1. The molecule has 4 nitrogen and oxygen atoms in total. The quantitative estimate of drug-likeness (QED) is 0.864. The van der Waals surface area contributed by atoms with Crippen molar-refractivity contribution in [3.8, 4) is 0 Å². The van der Waals surface area contributed by atoms with Crippen molar-refractivity contribution in [2.45, 2.75) is 59.5 Å². The van der Waals surface area contributed by atoms with Gasteiger partial charge in [0.1, 0.15) is 4.88 Å². The van der Waals surface area contributed by atoms with Gasteiger partial charge < -0.3 is 10.4 Å². The van der Waals surface area contributed by atoms with Crippen molar-refractivity contribution in [1.29, 1.82) is 0 Å². The van der Waals surface area contributed by atoms with E-state index in [1.165, 1.54) is 17.5 Å². The molecule has 0 radical (unpaired) electrons. The molecule has 0 amide bonds. The third-order valence-corrected chi connectivity index (χ3v) is 2.94. The summed E-state index contributed by atoms with van der Waals surface area (Å²) in [6.07, 6.45) is 3.29. The summed E-state index contributed by atoms with van der Waals surface area (Å²) in [5, 5.41) is 12.7. The molecule has 0 aromatic carbocycles. The first-order valence-corrected chi connectivity index (χ1v) is 7.12. The van der Waals surface area contributed by atoms with Gasteiger partial charge in [0.25, 0.3) is 0 Å². The number of hydrogen-bond donors (Lipinski definition) is 2. The van der Waals surface area contributed by atoms with Crippen LogP contribution in [0.25, 0.3) is 0 Å². The first-order valence-electron chi connectivity index (χ1n) is 6.30. The number of nitrogens with zero attached hydrogens (tertiary/aromatic N) is 1. The Balaban J connectivity index is 0.000000360. The highest BCUT2D eigenvalue weighted by Gasteiger charge is 2.06. The van der Waals surface area contributed by atoms with Crippen LogP contribution in [0.2, 0.25) is 0 Å². The van der Waals surface area contributed by atoms with Crippen LogP contribution >= 0.6 is 11.3 Å². The molecule has 1 heterocycles. The van der Waals surface area contributed by atoms with E-state index in [0.717, 1.165) is 17.8 Å². The fourth-order valence-corrected chi connectivity index (χ4v) is 2.26. The van der Waals surface area contributed by atoms with E-state index in [1.54, 1.807) is 0 Å². The van der Waals surface area contributed by atoms with Gasteiger partial charge in [-0.05, 0) is 12.8 Å². The second kappa shape index (κ2) is 9.05. The van der Waals surface area contributed by atoms with Crippen molar-refractivity contribution >= 4 is 17.3 Å². The lowest BCUT2D eigenvalue weighted by molar-refractivity contribution is 0.0702. The number of aromatic carboxylic acids is 1. The zero-order valence-electron chi connectivity index (χ0n) is 11.9. The number of carboxylic acids is 1. The van der Waals surface area contributed by atoms with Crippen LogP contribution in [-0.2, 0) is 6.42 Å². The van der Waals surface area contributed by atoms with Gasteiger partial charge in [0.2, 0.25) is 0 Å². The number of thiazole rings is 1. The lowest BCUT2D eigenvalue weighted by atomic mass is 10.3. The Labute approximate surface area is 113 Å². The molecular formula is C13H24N2O2S. The molecule has 0 atom stereocenters. The zero-order valence-corrected chi connectivity index (χ0v) is 12.7. The standard InChI is InChI=1S/C7H9NO2S.C6H15N/c1-2-3-6-8-4-5(11-6)7(9)10;1-5(2)7-6(3)4/h4H,2-3H2,1H3,(H,9,10);5-7H,1-4H3. The predicted octanol–water partition coefficient (Wildman–Crippen LogP) is 3.19. The summed E-state index contributed by atoms with van der Waals surface area (Å²) >= 11 is 1.25. The maximum absolute atomic E-state index is 10.4. The monoisotopic (exact) mass is 272 g/mol. The Morgan fingerprint density at radius 3 is 2.22 bits per heavy atom. The highest BCUT2D eigenvalue weighted by Crippen LogP contribution is 2.13. The molecule has 0 unspecified atom stereocenters. The molecular weight excluding hydrogens is 248 g/mol. The number of rotatable bonds is 5. The van der Waals surface area contributed by atoms with E-state index in [0.29, 0.717) is 17.0 Å². The molecule has 104 valence electrons. The highest BCUT2D eigenvalue weighted by atomic mass is 32.1. The van der Waals surface area contributed by atoms with Crippen LogP contribution < -0.4 is 5.32 Å². The summed E-state index contributed by atoms with van der Waals surface area (Å²) in [5.74, 6) is -0.884. The van der Waals surface area contributed by atoms with E-state index < -0.39 is 5.97 Å². The molecule has 0 bridgehead atoms. The SMILES string of the molecule is CC(C)NC(C)C.CCCc1ncc(C(=O)O)s1. The van der Waals surface area contributed by atoms with Crippen LogP contribution in [-0.4, -0.2) is 28.1 Å². The molecule has 0 saturated carbocycles. The molecule has 0 saturated heterocycles. The van der Waals surface area contributed by atoms with E-state index in [2.05, 4.69) is 38.0 Å². The maximum atomic E-state index is 10.4. The van der Waals surface area contributed by atoms with Gasteiger partial charge in [-0.25, -0.2) is 9.78 Å². The fourth-order valence-electron chi connectivity index (χ4n) is 1.41. The number of carbonyl (C=O) groups is 1. The molecule has 18 heavy (non-hydrogen) atoms. The van der Waals surface area contributed by atoms with Crippen molar-refractivity contribution in [3.05, 3.63) is 16.1 Å². The predicted molar refractivity (Wildman–Crippen MR) is 76.5 cm³/mol. The molecule has 0 fully saturated rings. The Morgan fingerprint density at radius 1 is 1.39 bits per heavy atom. The fraction of sp³-hybridized carbons (Fsp3) is 0.692. The Hall–Kier alpha value is -0.940. The molecule has 2 N–H and O–H groups in total. The van der Waals surface area contributed by atoms with Crippen LogP contribution in [0.3, 0.4) is 0 Å². The van der Waals surface area contributed by atoms with E-state index in [1.807, 2.05) is 6.92 Å². The molecule has 0 spiro atoms. The topological polar surface area (TPSA) is 62.2 Å². The minimum atomic E-state index is -0.884. The zero-order chi connectivity index (χ0) is 14.1. The van der Waals surface area contributed by atoms with Gasteiger partial charge in [0, 0.05) is 12.1 Å².